The van der Waals surface area contributed by atoms with Gasteiger partial charge in [0, 0.05) is 7.05 Å². The minimum atomic E-state index is -3.57. The van der Waals surface area contributed by atoms with Crippen LogP contribution in [-0.2, 0) is 17.1 Å². The Morgan fingerprint density at radius 3 is 2.52 bits per heavy atom. The quantitative estimate of drug-likeness (QED) is 0.809. The molecule has 21 heavy (non-hydrogen) atoms. The maximum Gasteiger partial charge on any atom is 0.261 e. The van der Waals surface area contributed by atoms with E-state index in [2.05, 4.69) is 9.71 Å². The van der Waals surface area contributed by atoms with Crippen molar-refractivity contribution in [3.8, 4) is 0 Å². The summed E-state index contributed by atoms with van der Waals surface area (Å²) in [5, 5.41) is 0. The monoisotopic (exact) mass is 301 g/mol. The highest BCUT2D eigenvalue weighted by Gasteiger charge is 2.14. The molecule has 0 atom stereocenters. The van der Waals surface area contributed by atoms with E-state index in [4.69, 9.17) is 0 Å². The number of nitrogens with zero attached hydrogens (tertiary/aromatic N) is 2. The van der Waals surface area contributed by atoms with Gasteiger partial charge in [-0.2, -0.15) is 0 Å². The van der Waals surface area contributed by atoms with Gasteiger partial charge in [0.05, 0.1) is 27.9 Å². The van der Waals surface area contributed by atoms with Crippen LogP contribution in [0.3, 0.4) is 0 Å². The Labute approximate surface area is 123 Å². The van der Waals surface area contributed by atoms with E-state index in [0.717, 1.165) is 16.6 Å². The minimum absolute atomic E-state index is 0.248. The van der Waals surface area contributed by atoms with Gasteiger partial charge in [-0.1, -0.05) is 17.7 Å². The molecule has 3 aromatic rings. The van der Waals surface area contributed by atoms with E-state index >= 15 is 0 Å². The number of hydrogen-bond donors (Lipinski definition) is 1. The molecule has 0 aliphatic rings. The van der Waals surface area contributed by atoms with Crippen LogP contribution in [0.2, 0.25) is 0 Å². The summed E-state index contributed by atoms with van der Waals surface area (Å²) in [5.41, 5.74) is 3.24. The van der Waals surface area contributed by atoms with Crippen LogP contribution in [0.5, 0.6) is 0 Å². The Hall–Kier alpha value is -2.34. The summed E-state index contributed by atoms with van der Waals surface area (Å²) >= 11 is 0. The Morgan fingerprint density at radius 1 is 1.10 bits per heavy atom. The van der Waals surface area contributed by atoms with Crippen LogP contribution in [0.4, 0.5) is 5.69 Å². The molecule has 0 unspecified atom stereocenters. The van der Waals surface area contributed by atoms with Crippen LogP contribution < -0.4 is 4.72 Å². The number of nitrogens with one attached hydrogen (secondary N) is 1. The first-order chi connectivity index (χ1) is 9.95. The van der Waals surface area contributed by atoms with Gasteiger partial charge in [0.1, 0.15) is 0 Å². The number of benzene rings is 2. The third kappa shape index (κ3) is 2.62. The van der Waals surface area contributed by atoms with E-state index < -0.39 is 10.0 Å². The number of aryl methyl sites for hydroxylation is 2. The average molecular weight is 301 g/mol. The van der Waals surface area contributed by atoms with Crippen molar-refractivity contribution < 1.29 is 8.42 Å². The molecular formula is C15H15N3O2S. The zero-order chi connectivity index (χ0) is 15.0. The number of anilines is 1. The van der Waals surface area contributed by atoms with Gasteiger partial charge in [0.2, 0.25) is 0 Å². The third-order valence-corrected chi connectivity index (χ3v) is 4.71. The molecule has 3 rings (SSSR count). The second-order valence-corrected chi connectivity index (χ2v) is 6.66. The first kappa shape index (κ1) is 13.6. The number of rotatable bonds is 3. The van der Waals surface area contributed by atoms with Crippen molar-refractivity contribution in [2.75, 3.05) is 4.72 Å². The van der Waals surface area contributed by atoms with Gasteiger partial charge < -0.3 is 4.57 Å². The predicted octanol–water partition coefficient (Wildman–Crippen LogP) is 2.68. The van der Waals surface area contributed by atoms with Crippen LogP contribution in [-0.4, -0.2) is 18.0 Å². The van der Waals surface area contributed by atoms with E-state index in [9.17, 15) is 8.42 Å². The summed E-state index contributed by atoms with van der Waals surface area (Å²) in [5.74, 6) is 0. The second kappa shape index (κ2) is 4.89. The maximum atomic E-state index is 12.3. The number of imidazole rings is 1. The molecule has 6 heteroatoms. The fraction of sp³-hybridized carbons (Fsp3) is 0.133. The predicted molar refractivity (Wildman–Crippen MR) is 82.7 cm³/mol. The minimum Gasteiger partial charge on any atom is -0.334 e. The molecule has 0 fully saturated rings. The van der Waals surface area contributed by atoms with Crippen molar-refractivity contribution in [2.45, 2.75) is 11.8 Å². The van der Waals surface area contributed by atoms with E-state index in [1.165, 1.54) is 0 Å². The summed E-state index contributed by atoms with van der Waals surface area (Å²) in [7, 11) is -1.71. The summed E-state index contributed by atoms with van der Waals surface area (Å²) < 4.78 is 29.1. The average Bonchev–Trinajstić information content (AvgIpc) is 2.80. The van der Waals surface area contributed by atoms with E-state index in [0.29, 0.717) is 5.69 Å². The molecule has 1 heterocycles. The van der Waals surface area contributed by atoms with Crippen molar-refractivity contribution in [3.63, 3.8) is 0 Å². The van der Waals surface area contributed by atoms with Crippen LogP contribution in [0.25, 0.3) is 11.0 Å². The number of fused-ring (bicyclic) bond motifs is 1. The summed E-state index contributed by atoms with van der Waals surface area (Å²) in [4.78, 5) is 4.46. The third-order valence-electron chi connectivity index (χ3n) is 3.31. The van der Waals surface area contributed by atoms with Crippen LogP contribution >= 0.6 is 0 Å². The second-order valence-electron chi connectivity index (χ2n) is 4.98. The SMILES string of the molecule is Cc1ccc(S(=O)(=O)Nc2ccc3ncn(C)c3c2)cc1. The highest BCUT2D eigenvalue weighted by Crippen LogP contribution is 2.21. The maximum absolute atomic E-state index is 12.3. The molecule has 0 saturated heterocycles. The molecule has 0 radical (unpaired) electrons. The van der Waals surface area contributed by atoms with Gasteiger partial charge in [-0.15, -0.1) is 0 Å². The molecular weight excluding hydrogens is 286 g/mol. The lowest BCUT2D eigenvalue weighted by atomic mass is 10.2. The van der Waals surface area contributed by atoms with E-state index in [-0.39, 0.29) is 4.90 Å². The van der Waals surface area contributed by atoms with Crippen molar-refractivity contribution in [3.05, 3.63) is 54.4 Å². The molecule has 0 amide bonds. The summed E-state index contributed by atoms with van der Waals surface area (Å²) in [6.45, 7) is 1.92. The molecule has 2 aromatic carbocycles. The van der Waals surface area contributed by atoms with Gasteiger partial charge in [-0.05, 0) is 37.3 Å². The molecule has 5 nitrogen and oxygen atoms in total. The zero-order valence-electron chi connectivity index (χ0n) is 11.7. The lowest BCUT2D eigenvalue weighted by Crippen LogP contribution is -2.12. The van der Waals surface area contributed by atoms with Gasteiger partial charge >= 0.3 is 0 Å². The Kier molecular flexibility index (Phi) is 3.17. The van der Waals surface area contributed by atoms with Crippen LogP contribution in [0.1, 0.15) is 5.56 Å². The highest BCUT2D eigenvalue weighted by molar-refractivity contribution is 7.92. The van der Waals surface area contributed by atoms with E-state index in [1.807, 2.05) is 18.5 Å². The first-order valence-corrected chi connectivity index (χ1v) is 7.94. The van der Waals surface area contributed by atoms with Crippen molar-refractivity contribution in [2.24, 2.45) is 7.05 Å². The largest absolute Gasteiger partial charge is 0.334 e. The first-order valence-electron chi connectivity index (χ1n) is 6.46. The molecule has 0 aliphatic carbocycles. The van der Waals surface area contributed by atoms with Crippen molar-refractivity contribution >= 4 is 26.7 Å². The fourth-order valence-corrected chi connectivity index (χ4v) is 3.17. The fourth-order valence-electron chi connectivity index (χ4n) is 2.12. The van der Waals surface area contributed by atoms with Crippen LogP contribution in [0.15, 0.2) is 53.7 Å². The normalized spacial score (nSPS) is 11.7. The van der Waals surface area contributed by atoms with Gasteiger partial charge in [0.25, 0.3) is 10.0 Å². The van der Waals surface area contributed by atoms with Gasteiger partial charge in [0.15, 0.2) is 0 Å². The zero-order valence-corrected chi connectivity index (χ0v) is 12.6. The summed E-state index contributed by atoms with van der Waals surface area (Å²) in [6, 6.07) is 12.0. The molecule has 0 bridgehead atoms. The van der Waals surface area contributed by atoms with Gasteiger partial charge in [-0.25, -0.2) is 13.4 Å². The molecule has 0 aliphatic heterocycles. The lowest BCUT2D eigenvalue weighted by molar-refractivity contribution is 0.601. The Bertz CT molecular complexity index is 896. The number of sulfonamides is 1. The Balaban J connectivity index is 1.96. The lowest BCUT2D eigenvalue weighted by Gasteiger charge is -2.08. The number of aromatic nitrogens is 2. The Morgan fingerprint density at radius 2 is 1.81 bits per heavy atom. The molecule has 0 spiro atoms. The highest BCUT2D eigenvalue weighted by atomic mass is 32.2. The molecule has 1 aromatic heterocycles. The van der Waals surface area contributed by atoms with Crippen molar-refractivity contribution in [1.82, 2.24) is 9.55 Å². The summed E-state index contributed by atoms with van der Waals surface area (Å²) in [6.07, 6.45) is 1.70. The molecule has 0 saturated carbocycles. The van der Waals surface area contributed by atoms with Crippen LogP contribution in [0, 0.1) is 6.92 Å². The molecule has 1 N–H and O–H groups in total. The topological polar surface area (TPSA) is 64.0 Å². The van der Waals surface area contributed by atoms with Crippen molar-refractivity contribution in [1.29, 1.82) is 0 Å². The number of hydrogen-bond acceptors (Lipinski definition) is 3. The molecule has 108 valence electrons. The standard InChI is InChI=1S/C15H15N3O2S/c1-11-3-6-13(7-4-11)21(19,20)17-12-5-8-14-15(9-12)18(2)10-16-14/h3-10,17H,1-2H3. The van der Waals surface area contributed by atoms with E-state index in [1.54, 1.807) is 48.8 Å². The van der Waals surface area contributed by atoms with Gasteiger partial charge in [-0.3, -0.25) is 4.72 Å². The smallest absolute Gasteiger partial charge is 0.261 e.